The van der Waals surface area contributed by atoms with Gasteiger partial charge in [-0.05, 0) is 29.9 Å². The number of carbonyl (C=O) groups is 2. The Labute approximate surface area is 148 Å². The second kappa shape index (κ2) is 7.72. The molecule has 2 N–H and O–H groups in total. The number of hydrogen-bond donors (Lipinski definition) is 2. The monoisotopic (exact) mass is 342 g/mol. The van der Waals surface area contributed by atoms with Crippen LogP contribution in [0.5, 0.6) is 0 Å². The van der Waals surface area contributed by atoms with E-state index in [9.17, 15) is 9.59 Å². The van der Waals surface area contributed by atoms with E-state index in [1.165, 1.54) is 6.42 Å². The van der Waals surface area contributed by atoms with Crippen molar-refractivity contribution in [3.8, 4) is 0 Å². The van der Waals surface area contributed by atoms with E-state index < -0.39 is 0 Å². The van der Waals surface area contributed by atoms with Crippen LogP contribution >= 0.6 is 0 Å². The molecule has 1 saturated carbocycles. The lowest BCUT2D eigenvalue weighted by Gasteiger charge is -2.34. The molecule has 5 heteroatoms. The molecule has 2 aromatic rings. The van der Waals surface area contributed by atoms with Crippen LogP contribution < -0.4 is 5.32 Å². The van der Waals surface area contributed by atoms with Crippen LogP contribution in [0, 0.1) is 11.8 Å². The number of aromatic amines is 1. The molecule has 0 bridgehead atoms. The molecule has 0 aliphatic heterocycles. The summed E-state index contributed by atoms with van der Waals surface area (Å²) >= 11 is 0. The highest BCUT2D eigenvalue weighted by Gasteiger charge is 2.28. The Morgan fingerprint density at radius 2 is 2.04 bits per heavy atom. The summed E-state index contributed by atoms with van der Waals surface area (Å²) in [6.45, 7) is 4.20. The van der Waals surface area contributed by atoms with Crippen LogP contribution in [0.2, 0.25) is 0 Å². The average molecular weight is 342 g/mol. The molecule has 0 spiro atoms. The fourth-order valence-electron chi connectivity index (χ4n) is 3.66. The lowest BCUT2D eigenvalue weighted by atomic mass is 9.78. The average Bonchev–Trinajstić information content (AvgIpc) is 3.00. The van der Waals surface area contributed by atoms with Crippen molar-refractivity contribution in [2.75, 3.05) is 6.61 Å². The fourth-order valence-corrected chi connectivity index (χ4v) is 3.66. The summed E-state index contributed by atoms with van der Waals surface area (Å²) in [7, 11) is 0. The summed E-state index contributed by atoms with van der Waals surface area (Å²) in [4.78, 5) is 27.3. The minimum absolute atomic E-state index is 0.161. The van der Waals surface area contributed by atoms with Gasteiger partial charge in [-0.3, -0.25) is 9.59 Å². The smallest absolute Gasteiger partial charge is 0.310 e. The summed E-state index contributed by atoms with van der Waals surface area (Å²) in [5.74, 6) is 0.478. The Hall–Kier alpha value is -2.30. The second-order valence-corrected chi connectivity index (χ2v) is 7.14. The number of H-pyrrole nitrogens is 1. The molecule has 0 saturated heterocycles. The fraction of sp³-hybridized carbons (Fsp3) is 0.500. The lowest BCUT2D eigenvalue weighted by Crippen LogP contribution is -2.45. The zero-order valence-corrected chi connectivity index (χ0v) is 14.9. The van der Waals surface area contributed by atoms with Gasteiger partial charge in [0.25, 0.3) is 5.91 Å². The van der Waals surface area contributed by atoms with Gasteiger partial charge in [-0.2, -0.15) is 0 Å². The highest BCUT2D eigenvalue weighted by Crippen LogP contribution is 2.29. The maximum absolute atomic E-state index is 12.1. The molecule has 1 aliphatic rings. The van der Waals surface area contributed by atoms with Gasteiger partial charge >= 0.3 is 5.97 Å². The van der Waals surface area contributed by atoms with E-state index in [1.807, 2.05) is 30.5 Å². The lowest BCUT2D eigenvalue weighted by molar-refractivity contribution is -0.148. The van der Waals surface area contributed by atoms with Crippen molar-refractivity contribution in [3.05, 3.63) is 36.0 Å². The largest absolute Gasteiger partial charge is 0.455 e. The molecular formula is C20H26N2O3. The Bertz CT molecular complexity index is 752. The number of aromatic nitrogens is 1. The number of esters is 1. The number of para-hydroxylation sites is 1. The van der Waals surface area contributed by atoms with Crippen molar-refractivity contribution in [2.24, 2.45) is 11.8 Å². The van der Waals surface area contributed by atoms with Crippen LogP contribution in [0.25, 0.3) is 10.9 Å². The predicted octanol–water partition coefficient (Wildman–Crippen LogP) is 3.19. The van der Waals surface area contributed by atoms with Gasteiger partial charge in [-0.25, -0.2) is 0 Å². The number of benzene rings is 1. The molecule has 1 aromatic carbocycles. The number of nitrogens with one attached hydrogen (secondary N) is 2. The molecule has 5 nitrogen and oxygen atoms in total. The Morgan fingerprint density at radius 3 is 2.88 bits per heavy atom. The minimum atomic E-state index is -0.384. The number of carbonyl (C=O) groups excluding carboxylic acids is 2. The van der Waals surface area contributed by atoms with E-state index >= 15 is 0 Å². The molecule has 25 heavy (non-hydrogen) atoms. The molecular weight excluding hydrogens is 316 g/mol. The summed E-state index contributed by atoms with van der Waals surface area (Å²) in [6.07, 6.45) is 5.33. The van der Waals surface area contributed by atoms with E-state index in [-0.39, 0.29) is 30.9 Å². The topological polar surface area (TPSA) is 71.2 Å². The molecule has 3 rings (SSSR count). The maximum atomic E-state index is 12.1. The molecule has 0 radical (unpaired) electrons. The molecule has 0 unspecified atom stereocenters. The number of ether oxygens (including phenoxy) is 1. The van der Waals surface area contributed by atoms with Crippen molar-refractivity contribution in [3.63, 3.8) is 0 Å². The number of amides is 1. The summed E-state index contributed by atoms with van der Waals surface area (Å²) in [6, 6.07) is 7.99. The molecule has 1 aliphatic carbocycles. The van der Waals surface area contributed by atoms with Gasteiger partial charge < -0.3 is 15.0 Å². The molecule has 1 fully saturated rings. The van der Waals surface area contributed by atoms with E-state index in [1.54, 1.807) is 0 Å². The number of rotatable bonds is 5. The normalized spacial score (nSPS) is 23.4. The maximum Gasteiger partial charge on any atom is 0.310 e. The first kappa shape index (κ1) is 17.5. The van der Waals surface area contributed by atoms with Crippen LogP contribution in [-0.2, 0) is 20.7 Å². The SMILES string of the molecule is C[C@H]1[C@@H](NC(=O)COC(=O)Cc2c[nH]c3ccccc23)CCC[C@@H]1C. The summed E-state index contributed by atoms with van der Waals surface area (Å²) in [5, 5.41) is 4.03. The van der Waals surface area contributed by atoms with Gasteiger partial charge in [-0.1, -0.05) is 44.9 Å². The zero-order valence-electron chi connectivity index (χ0n) is 14.9. The quantitative estimate of drug-likeness (QED) is 0.820. The van der Waals surface area contributed by atoms with Crippen molar-refractivity contribution in [2.45, 2.75) is 45.6 Å². The molecule has 1 amide bonds. The van der Waals surface area contributed by atoms with E-state index in [0.717, 1.165) is 29.3 Å². The first-order chi connectivity index (χ1) is 12.0. The molecule has 1 heterocycles. The van der Waals surface area contributed by atoms with Crippen molar-refractivity contribution in [1.82, 2.24) is 10.3 Å². The third kappa shape index (κ3) is 4.21. The van der Waals surface area contributed by atoms with Gasteiger partial charge in [0.2, 0.25) is 0 Å². The Kier molecular flexibility index (Phi) is 5.41. The van der Waals surface area contributed by atoms with Crippen LogP contribution in [0.1, 0.15) is 38.7 Å². The molecule has 134 valence electrons. The third-order valence-electron chi connectivity index (χ3n) is 5.43. The Balaban J connectivity index is 1.48. The molecule has 3 atom stereocenters. The van der Waals surface area contributed by atoms with Gasteiger partial charge in [0, 0.05) is 23.1 Å². The predicted molar refractivity (Wildman–Crippen MR) is 97.1 cm³/mol. The van der Waals surface area contributed by atoms with Crippen molar-refractivity contribution in [1.29, 1.82) is 0 Å². The standard InChI is InChI=1S/C20H26N2O3/c1-13-6-5-9-17(14(13)2)22-19(23)12-25-20(24)10-15-11-21-18-8-4-3-7-16(15)18/h3-4,7-8,11,13-14,17,21H,5-6,9-10,12H2,1-2H3,(H,22,23)/t13-,14+,17-/m0/s1. The van der Waals surface area contributed by atoms with Crippen LogP contribution in [-0.4, -0.2) is 29.5 Å². The van der Waals surface area contributed by atoms with Crippen molar-refractivity contribution < 1.29 is 14.3 Å². The third-order valence-corrected chi connectivity index (χ3v) is 5.43. The van der Waals surface area contributed by atoms with Crippen LogP contribution in [0.3, 0.4) is 0 Å². The second-order valence-electron chi connectivity index (χ2n) is 7.14. The van der Waals surface area contributed by atoms with Gasteiger partial charge in [0.05, 0.1) is 6.42 Å². The van der Waals surface area contributed by atoms with Gasteiger partial charge in [0.1, 0.15) is 0 Å². The molecule has 1 aromatic heterocycles. The Morgan fingerprint density at radius 1 is 1.24 bits per heavy atom. The first-order valence-electron chi connectivity index (χ1n) is 9.04. The summed E-state index contributed by atoms with van der Waals surface area (Å²) < 4.78 is 5.16. The number of fused-ring (bicyclic) bond motifs is 1. The zero-order chi connectivity index (χ0) is 17.8. The van der Waals surface area contributed by atoms with Crippen LogP contribution in [0.4, 0.5) is 0 Å². The summed E-state index contributed by atoms with van der Waals surface area (Å²) in [5.41, 5.74) is 1.87. The van der Waals surface area contributed by atoms with Crippen molar-refractivity contribution >= 4 is 22.8 Å². The van der Waals surface area contributed by atoms with E-state index in [0.29, 0.717) is 11.8 Å². The van der Waals surface area contributed by atoms with Gasteiger partial charge in [0.15, 0.2) is 6.61 Å². The van der Waals surface area contributed by atoms with Crippen LogP contribution in [0.15, 0.2) is 30.5 Å². The number of hydrogen-bond acceptors (Lipinski definition) is 3. The first-order valence-corrected chi connectivity index (χ1v) is 9.04. The van der Waals surface area contributed by atoms with Gasteiger partial charge in [-0.15, -0.1) is 0 Å². The van der Waals surface area contributed by atoms with E-state index in [4.69, 9.17) is 4.74 Å². The highest BCUT2D eigenvalue weighted by atomic mass is 16.5. The van der Waals surface area contributed by atoms with E-state index in [2.05, 4.69) is 24.1 Å². The minimum Gasteiger partial charge on any atom is -0.455 e. The highest BCUT2D eigenvalue weighted by molar-refractivity contribution is 5.88.